The Balaban J connectivity index is 1.38. The maximum atomic E-state index is 10.1. The lowest BCUT2D eigenvalue weighted by Crippen LogP contribution is -2.25. The Morgan fingerprint density at radius 3 is 1.52 bits per heavy atom. The first-order valence-electron chi connectivity index (χ1n) is 10.2. The smallest absolute Gasteiger partial charge is 0.122 e. The van der Waals surface area contributed by atoms with Gasteiger partial charge in [-0.15, -0.1) is 0 Å². The molecule has 0 aliphatic heterocycles. The number of hydrogen-bond donors (Lipinski definition) is 2. The Labute approximate surface area is 182 Å². The van der Waals surface area contributed by atoms with Crippen molar-refractivity contribution in [2.75, 3.05) is 26.4 Å². The molecule has 0 heterocycles. The van der Waals surface area contributed by atoms with E-state index in [0.29, 0.717) is 23.0 Å². The Morgan fingerprint density at radius 2 is 1.03 bits per heavy atom. The van der Waals surface area contributed by atoms with Crippen molar-refractivity contribution < 1.29 is 29.2 Å². The Bertz CT molecular complexity index is 900. The molecular formula is C25H28O6. The number of aliphatic hydroxyl groups excluding tert-OH is 2. The summed E-state index contributed by atoms with van der Waals surface area (Å²) in [5, 5.41) is 20.1. The van der Waals surface area contributed by atoms with Gasteiger partial charge in [0.15, 0.2) is 0 Å². The zero-order chi connectivity index (χ0) is 21.9. The van der Waals surface area contributed by atoms with Gasteiger partial charge in [0.2, 0.25) is 0 Å². The fourth-order valence-corrected chi connectivity index (χ4v) is 2.77. The van der Waals surface area contributed by atoms with Crippen LogP contribution in [0.5, 0.6) is 23.0 Å². The van der Waals surface area contributed by atoms with Crippen LogP contribution in [0.25, 0.3) is 0 Å². The van der Waals surface area contributed by atoms with E-state index < -0.39 is 12.2 Å². The molecule has 0 bridgehead atoms. The maximum absolute atomic E-state index is 10.1. The summed E-state index contributed by atoms with van der Waals surface area (Å²) in [5.74, 6) is 2.68. The van der Waals surface area contributed by atoms with Crippen LogP contribution in [0.3, 0.4) is 0 Å². The molecular weight excluding hydrogens is 396 g/mol. The van der Waals surface area contributed by atoms with Gasteiger partial charge in [-0.25, -0.2) is 0 Å². The minimum Gasteiger partial charge on any atom is -0.491 e. The number of ether oxygens (including phenoxy) is 4. The molecule has 0 amide bonds. The van der Waals surface area contributed by atoms with E-state index in [1.165, 1.54) is 0 Å². The van der Waals surface area contributed by atoms with Crippen molar-refractivity contribution in [1.29, 1.82) is 0 Å². The van der Waals surface area contributed by atoms with E-state index in [4.69, 9.17) is 18.9 Å². The van der Waals surface area contributed by atoms with Crippen LogP contribution in [-0.4, -0.2) is 48.8 Å². The molecule has 0 aliphatic rings. The molecule has 0 fully saturated rings. The summed E-state index contributed by atoms with van der Waals surface area (Å²) in [6.45, 7) is 2.41. The average molecular weight is 424 g/mol. The second kappa shape index (κ2) is 11.8. The first kappa shape index (κ1) is 22.5. The minimum atomic E-state index is -0.754. The lowest BCUT2D eigenvalue weighted by Gasteiger charge is -2.16. The molecule has 0 aromatic heterocycles. The van der Waals surface area contributed by atoms with E-state index in [1.807, 2.05) is 73.7 Å². The molecule has 31 heavy (non-hydrogen) atoms. The van der Waals surface area contributed by atoms with E-state index in [9.17, 15) is 10.2 Å². The summed E-state index contributed by atoms with van der Waals surface area (Å²) in [6, 6.07) is 24.0. The molecule has 0 saturated heterocycles. The third kappa shape index (κ3) is 7.85. The monoisotopic (exact) mass is 424 g/mol. The van der Waals surface area contributed by atoms with Crippen molar-refractivity contribution in [3.8, 4) is 23.0 Å². The summed E-state index contributed by atoms with van der Waals surface area (Å²) >= 11 is 0. The highest BCUT2D eigenvalue weighted by atomic mass is 16.5. The Kier molecular flexibility index (Phi) is 8.58. The second-order valence-electron chi connectivity index (χ2n) is 7.11. The van der Waals surface area contributed by atoms with Crippen molar-refractivity contribution >= 4 is 0 Å². The third-order valence-electron chi connectivity index (χ3n) is 4.39. The van der Waals surface area contributed by atoms with Crippen molar-refractivity contribution in [3.63, 3.8) is 0 Å². The van der Waals surface area contributed by atoms with Gasteiger partial charge in [0.25, 0.3) is 0 Å². The summed E-state index contributed by atoms with van der Waals surface area (Å²) in [7, 11) is 0. The fraction of sp³-hybridized carbons (Fsp3) is 0.280. The van der Waals surface area contributed by atoms with Crippen LogP contribution in [0.2, 0.25) is 0 Å². The van der Waals surface area contributed by atoms with Crippen molar-refractivity contribution in [3.05, 3.63) is 84.4 Å². The van der Waals surface area contributed by atoms with Gasteiger partial charge in [0, 0.05) is 0 Å². The highest BCUT2D eigenvalue weighted by Gasteiger charge is 2.10. The SMILES string of the molecule is Cc1cc(OCC(O)COc2ccccc2)ccc1OCC(O)COc1ccccc1. The van der Waals surface area contributed by atoms with Gasteiger partial charge in [-0.3, -0.25) is 0 Å². The first-order chi connectivity index (χ1) is 15.1. The van der Waals surface area contributed by atoms with Crippen molar-refractivity contribution in [2.24, 2.45) is 0 Å². The van der Waals surface area contributed by atoms with Crippen molar-refractivity contribution in [2.45, 2.75) is 19.1 Å². The van der Waals surface area contributed by atoms with Gasteiger partial charge in [0.05, 0.1) is 0 Å². The van der Waals surface area contributed by atoms with Crippen LogP contribution in [0.15, 0.2) is 78.9 Å². The number of para-hydroxylation sites is 2. The van der Waals surface area contributed by atoms with Gasteiger partial charge >= 0.3 is 0 Å². The zero-order valence-corrected chi connectivity index (χ0v) is 17.5. The largest absolute Gasteiger partial charge is 0.491 e. The molecule has 3 aromatic carbocycles. The number of rotatable bonds is 12. The molecule has 0 saturated carbocycles. The molecule has 3 aromatic rings. The van der Waals surface area contributed by atoms with E-state index in [1.54, 1.807) is 12.1 Å². The standard InChI is InChI=1S/C25H28O6/c1-19-14-24(30-17-20(26)15-28-22-8-4-2-5-9-22)12-13-25(19)31-18-21(27)16-29-23-10-6-3-7-11-23/h2-14,20-21,26-27H,15-18H2,1H3. The minimum absolute atomic E-state index is 0.113. The number of benzene rings is 3. The van der Waals surface area contributed by atoms with Gasteiger partial charge in [-0.1, -0.05) is 36.4 Å². The van der Waals surface area contributed by atoms with Crippen LogP contribution in [0.1, 0.15) is 5.56 Å². The predicted molar refractivity (Wildman–Crippen MR) is 118 cm³/mol. The quantitative estimate of drug-likeness (QED) is 0.462. The summed E-state index contributed by atoms with van der Waals surface area (Å²) < 4.78 is 22.4. The zero-order valence-electron chi connectivity index (χ0n) is 17.5. The van der Waals surface area contributed by atoms with Crippen LogP contribution in [0.4, 0.5) is 0 Å². The van der Waals surface area contributed by atoms with Crippen molar-refractivity contribution in [1.82, 2.24) is 0 Å². The topological polar surface area (TPSA) is 77.4 Å². The summed E-state index contributed by atoms with van der Waals surface area (Å²) in [4.78, 5) is 0. The molecule has 0 spiro atoms. The van der Waals surface area contributed by atoms with E-state index >= 15 is 0 Å². The molecule has 0 aliphatic carbocycles. The number of hydrogen-bond acceptors (Lipinski definition) is 6. The molecule has 2 atom stereocenters. The van der Waals surface area contributed by atoms with Gasteiger partial charge in [-0.2, -0.15) is 0 Å². The Morgan fingerprint density at radius 1 is 0.581 bits per heavy atom. The van der Waals surface area contributed by atoms with Crippen LogP contribution >= 0.6 is 0 Å². The third-order valence-corrected chi connectivity index (χ3v) is 4.39. The normalized spacial score (nSPS) is 12.6. The molecule has 6 heteroatoms. The van der Waals surface area contributed by atoms with Gasteiger partial charge in [0.1, 0.15) is 61.6 Å². The molecule has 3 rings (SSSR count). The highest BCUT2D eigenvalue weighted by molar-refractivity contribution is 5.39. The number of aryl methyl sites for hydroxylation is 1. The molecule has 0 radical (unpaired) electrons. The average Bonchev–Trinajstić information content (AvgIpc) is 2.81. The fourth-order valence-electron chi connectivity index (χ4n) is 2.77. The summed E-state index contributed by atoms with van der Waals surface area (Å²) in [6.07, 6.45) is -1.51. The van der Waals surface area contributed by atoms with E-state index in [2.05, 4.69) is 0 Å². The van der Waals surface area contributed by atoms with E-state index in [-0.39, 0.29) is 26.4 Å². The molecule has 6 nitrogen and oxygen atoms in total. The Hall–Kier alpha value is -3.22. The van der Waals surface area contributed by atoms with Crippen LogP contribution < -0.4 is 18.9 Å². The molecule has 2 unspecified atom stereocenters. The van der Waals surface area contributed by atoms with Gasteiger partial charge < -0.3 is 29.2 Å². The summed E-state index contributed by atoms with van der Waals surface area (Å²) in [5.41, 5.74) is 0.865. The van der Waals surface area contributed by atoms with Crippen LogP contribution in [0, 0.1) is 6.92 Å². The predicted octanol–water partition coefficient (Wildman–Crippen LogP) is 3.63. The molecule has 2 N–H and O–H groups in total. The van der Waals surface area contributed by atoms with E-state index in [0.717, 1.165) is 5.56 Å². The highest BCUT2D eigenvalue weighted by Crippen LogP contribution is 2.24. The van der Waals surface area contributed by atoms with Gasteiger partial charge in [-0.05, 0) is 55.0 Å². The lowest BCUT2D eigenvalue weighted by atomic mass is 10.2. The second-order valence-corrected chi connectivity index (χ2v) is 7.11. The first-order valence-corrected chi connectivity index (χ1v) is 10.2. The molecule has 164 valence electrons. The number of aliphatic hydroxyl groups is 2. The van der Waals surface area contributed by atoms with Crippen LogP contribution in [-0.2, 0) is 0 Å². The maximum Gasteiger partial charge on any atom is 0.122 e. The lowest BCUT2D eigenvalue weighted by molar-refractivity contribution is 0.0611.